The fraction of sp³-hybridized carbons (Fsp3) is 0.250. The first-order chi connectivity index (χ1) is 9.97. The molecule has 112 valence electrons. The van der Waals surface area contributed by atoms with Gasteiger partial charge in [0.25, 0.3) is 0 Å². The molecule has 0 aliphatic heterocycles. The zero-order chi connectivity index (χ0) is 15.6. The molecule has 0 amide bonds. The van der Waals surface area contributed by atoms with Crippen LogP contribution in [-0.2, 0) is 0 Å². The van der Waals surface area contributed by atoms with E-state index in [1.165, 1.54) is 5.56 Å². The quantitative estimate of drug-likeness (QED) is 0.557. The summed E-state index contributed by atoms with van der Waals surface area (Å²) in [7, 11) is 3.21. The molecule has 2 aromatic rings. The second kappa shape index (κ2) is 7.03. The Morgan fingerprint density at radius 1 is 1.05 bits per heavy atom. The molecule has 0 saturated carbocycles. The van der Waals surface area contributed by atoms with Crippen molar-refractivity contribution < 1.29 is 9.47 Å². The van der Waals surface area contributed by atoms with Gasteiger partial charge in [0.05, 0.1) is 19.0 Å². The van der Waals surface area contributed by atoms with Crippen LogP contribution in [0.25, 0.3) is 0 Å². The molecule has 5 heteroatoms. The molecule has 1 atom stereocenters. The van der Waals surface area contributed by atoms with Crippen LogP contribution in [0.3, 0.4) is 0 Å². The first-order valence-corrected chi connectivity index (χ1v) is 8.38. The Balaban J connectivity index is 2.47. The van der Waals surface area contributed by atoms with Crippen molar-refractivity contribution in [2.45, 2.75) is 11.8 Å². The van der Waals surface area contributed by atoms with Crippen LogP contribution in [-0.4, -0.2) is 14.2 Å². The van der Waals surface area contributed by atoms with Crippen LogP contribution in [0.4, 0.5) is 0 Å². The fourth-order valence-corrected chi connectivity index (χ4v) is 3.47. The highest BCUT2D eigenvalue weighted by Gasteiger charge is 2.18. The Labute approximate surface area is 146 Å². The van der Waals surface area contributed by atoms with E-state index in [0.717, 1.165) is 15.6 Å². The highest BCUT2D eigenvalue weighted by molar-refractivity contribution is 9.10. The van der Waals surface area contributed by atoms with Crippen LogP contribution in [0.15, 0.2) is 34.8 Å². The standard InChI is InChI=1S/C16H15Br2ClO2/c1-9-4-5-10(6-12(9)17)16(18)11-7-14(20-2)15(21-3)8-13(11)19/h4-8,16H,1-3H3. The summed E-state index contributed by atoms with van der Waals surface area (Å²) in [6.07, 6.45) is 0. The Morgan fingerprint density at radius 3 is 2.24 bits per heavy atom. The third kappa shape index (κ3) is 3.55. The molecule has 2 aromatic carbocycles. The van der Waals surface area contributed by atoms with Gasteiger partial charge in [-0.15, -0.1) is 0 Å². The van der Waals surface area contributed by atoms with Gasteiger partial charge in [0.2, 0.25) is 0 Å². The number of methoxy groups -OCH3 is 2. The van der Waals surface area contributed by atoms with Gasteiger partial charge in [-0.3, -0.25) is 0 Å². The zero-order valence-electron chi connectivity index (χ0n) is 11.9. The van der Waals surface area contributed by atoms with E-state index >= 15 is 0 Å². The number of benzene rings is 2. The summed E-state index contributed by atoms with van der Waals surface area (Å²) in [6.45, 7) is 2.06. The second-order valence-corrected chi connectivity index (χ2v) is 6.78. The molecule has 0 heterocycles. The van der Waals surface area contributed by atoms with Gasteiger partial charge in [-0.2, -0.15) is 0 Å². The van der Waals surface area contributed by atoms with E-state index in [2.05, 4.69) is 57.0 Å². The van der Waals surface area contributed by atoms with Gasteiger partial charge < -0.3 is 9.47 Å². The normalized spacial score (nSPS) is 12.1. The lowest BCUT2D eigenvalue weighted by atomic mass is 10.0. The summed E-state index contributed by atoms with van der Waals surface area (Å²) in [5, 5.41) is 0.631. The summed E-state index contributed by atoms with van der Waals surface area (Å²) in [5.74, 6) is 1.28. The molecule has 0 N–H and O–H groups in total. The van der Waals surface area contributed by atoms with Crippen LogP contribution >= 0.6 is 43.5 Å². The highest BCUT2D eigenvalue weighted by Crippen LogP contribution is 2.41. The monoisotopic (exact) mass is 432 g/mol. The number of alkyl halides is 1. The summed E-state index contributed by atoms with van der Waals surface area (Å²) in [4.78, 5) is -0.0262. The molecular formula is C16H15Br2ClO2. The lowest BCUT2D eigenvalue weighted by Crippen LogP contribution is -1.98. The molecule has 0 spiro atoms. The van der Waals surface area contributed by atoms with E-state index in [1.54, 1.807) is 20.3 Å². The van der Waals surface area contributed by atoms with Crippen molar-refractivity contribution in [3.05, 3.63) is 56.5 Å². The molecule has 0 radical (unpaired) electrons. The average Bonchev–Trinajstić information content (AvgIpc) is 2.49. The third-order valence-electron chi connectivity index (χ3n) is 3.26. The van der Waals surface area contributed by atoms with E-state index in [9.17, 15) is 0 Å². The maximum absolute atomic E-state index is 6.38. The van der Waals surface area contributed by atoms with Crippen molar-refractivity contribution in [3.63, 3.8) is 0 Å². The Hall–Kier alpha value is -0.710. The van der Waals surface area contributed by atoms with Gasteiger partial charge in [-0.05, 0) is 35.7 Å². The van der Waals surface area contributed by atoms with E-state index in [1.807, 2.05) is 6.07 Å². The molecule has 2 nitrogen and oxygen atoms in total. The summed E-state index contributed by atoms with van der Waals surface area (Å²) >= 11 is 13.6. The van der Waals surface area contributed by atoms with Gasteiger partial charge in [0, 0.05) is 15.6 Å². The maximum atomic E-state index is 6.38. The van der Waals surface area contributed by atoms with Crippen molar-refractivity contribution in [1.29, 1.82) is 0 Å². The number of rotatable bonds is 4. The molecule has 0 fully saturated rings. The molecule has 0 aromatic heterocycles. The smallest absolute Gasteiger partial charge is 0.162 e. The molecule has 2 rings (SSSR count). The minimum atomic E-state index is -0.0262. The second-order valence-electron chi connectivity index (χ2n) is 4.60. The van der Waals surface area contributed by atoms with Gasteiger partial charge in [0.15, 0.2) is 11.5 Å². The van der Waals surface area contributed by atoms with Gasteiger partial charge >= 0.3 is 0 Å². The molecule has 0 aliphatic carbocycles. The van der Waals surface area contributed by atoms with Crippen molar-refractivity contribution >= 4 is 43.5 Å². The van der Waals surface area contributed by atoms with Crippen LogP contribution < -0.4 is 9.47 Å². The first-order valence-electron chi connectivity index (χ1n) is 6.29. The minimum absolute atomic E-state index is 0.0262. The van der Waals surface area contributed by atoms with Gasteiger partial charge in [-0.25, -0.2) is 0 Å². The van der Waals surface area contributed by atoms with E-state index in [-0.39, 0.29) is 4.83 Å². The number of ether oxygens (including phenoxy) is 2. The third-order valence-corrected chi connectivity index (χ3v) is 5.47. The van der Waals surface area contributed by atoms with Crippen molar-refractivity contribution in [2.24, 2.45) is 0 Å². The van der Waals surface area contributed by atoms with Crippen LogP contribution in [0, 0.1) is 6.92 Å². The average molecular weight is 435 g/mol. The van der Waals surface area contributed by atoms with Crippen molar-refractivity contribution in [2.75, 3.05) is 14.2 Å². The fourth-order valence-electron chi connectivity index (χ4n) is 2.01. The van der Waals surface area contributed by atoms with Crippen LogP contribution in [0.2, 0.25) is 5.02 Å². The Kier molecular flexibility index (Phi) is 5.58. The Bertz CT molecular complexity index is 659. The van der Waals surface area contributed by atoms with E-state index in [0.29, 0.717) is 16.5 Å². The molecule has 0 bridgehead atoms. The van der Waals surface area contributed by atoms with Crippen molar-refractivity contribution in [3.8, 4) is 11.5 Å². The first kappa shape index (κ1) is 16.7. The zero-order valence-corrected chi connectivity index (χ0v) is 15.8. The summed E-state index contributed by atoms with van der Waals surface area (Å²) < 4.78 is 11.7. The number of hydrogen-bond donors (Lipinski definition) is 0. The minimum Gasteiger partial charge on any atom is -0.493 e. The van der Waals surface area contributed by atoms with Crippen LogP contribution in [0.1, 0.15) is 21.5 Å². The predicted molar refractivity (Wildman–Crippen MR) is 94.2 cm³/mol. The van der Waals surface area contributed by atoms with E-state index in [4.69, 9.17) is 21.1 Å². The van der Waals surface area contributed by atoms with Gasteiger partial charge in [0.1, 0.15) is 0 Å². The number of halogens is 3. The highest BCUT2D eigenvalue weighted by atomic mass is 79.9. The van der Waals surface area contributed by atoms with Gasteiger partial charge in [-0.1, -0.05) is 55.6 Å². The number of aryl methyl sites for hydroxylation is 1. The van der Waals surface area contributed by atoms with Crippen molar-refractivity contribution in [1.82, 2.24) is 0 Å². The van der Waals surface area contributed by atoms with E-state index < -0.39 is 0 Å². The molecule has 0 aliphatic rings. The molecular weight excluding hydrogens is 419 g/mol. The lowest BCUT2D eigenvalue weighted by Gasteiger charge is -2.16. The van der Waals surface area contributed by atoms with Crippen LogP contribution in [0.5, 0.6) is 11.5 Å². The molecule has 1 unspecified atom stereocenters. The molecule has 0 saturated heterocycles. The molecule has 21 heavy (non-hydrogen) atoms. The maximum Gasteiger partial charge on any atom is 0.162 e. The SMILES string of the molecule is COc1cc(Cl)c(C(Br)c2ccc(C)c(Br)c2)cc1OC. The number of hydrogen-bond acceptors (Lipinski definition) is 2. The predicted octanol–water partition coefficient (Wildman–Crippen LogP) is 5.91. The lowest BCUT2D eigenvalue weighted by molar-refractivity contribution is 0.354. The topological polar surface area (TPSA) is 18.5 Å². The Morgan fingerprint density at radius 2 is 1.67 bits per heavy atom. The largest absolute Gasteiger partial charge is 0.493 e. The summed E-state index contributed by atoms with van der Waals surface area (Å²) in [5.41, 5.74) is 3.24. The summed E-state index contributed by atoms with van der Waals surface area (Å²) in [6, 6.07) is 9.90.